The molecule has 0 radical (unpaired) electrons. The fraction of sp³-hybridized carbons (Fsp3) is 0. The highest BCUT2D eigenvalue weighted by Crippen LogP contribution is 2.30. The van der Waals surface area contributed by atoms with Crippen LogP contribution < -0.4 is 0 Å². The fourth-order valence-electron chi connectivity index (χ4n) is 2.66. The number of nitrogens with zero attached hydrogens (tertiary/aromatic N) is 3. The molecule has 1 N–H and O–H groups in total. The minimum absolute atomic E-state index is 0.526. The van der Waals surface area contributed by atoms with E-state index < -0.39 is 0 Å². The van der Waals surface area contributed by atoms with Crippen LogP contribution in [0.1, 0.15) is 11.1 Å². The molecule has 0 aliphatic heterocycles. The van der Waals surface area contributed by atoms with E-state index in [0.29, 0.717) is 11.8 Å². The summed E-state index contributed by atoms with van der Waals surface area (Å²) in [5.41, 5.74) is 3.91. The van der Waals surface area contributed by atoms with Gasteiger partial charge in [0.25, 0.3) is 0 Å². The Morgan fingerprint density at radius 3 is 1.74 bits per heavy atom. The number of imidazole rings is 1. The first-order valence-electron chi connectivity index (χ1n) is 8.72. The second kappa shape index (κ2) is 8.06. The summed E-state index contributed by atoms with van der Waals surface area (Å²) in [7, 11) is 0. The van der Waals surface area contributed by atoms with Gasteiger partial charge in [-0.2, -0.15) is 4.98 Å². The Hall–Kier alpha value is -3.79. The van der Waals surface area contributed by atoms with Crippen molar-refractivity contribution in [3.8, 4) is 11.3 Å². The monoisotopic (exact) mass is 350 g/mol. The lowest BCUT2D eigenvalue weighted by Crippen LogP contribution is -1.80. The third-order valence-electron chi connectivity index (χ3n) is 4.01. The van der Waals surface area contributed by atoms with Crippen molar-refractivity contribution >= 4 is 24.2 Å². The van der Waals surface area contributed by atoms with E-state index in [-0.39, 0.29) is 0 Å². The fourth-order valence-corrected chi connectivity index (χ4v) is 2.66. The summed E-state index contributed by atoms with van der Waals surface area (Å²) in [6.45, 7) is 0. The summed E-state index contributed by atoms with van der Waals surface area (Å²) in [5, 5.41) is 0. The van der Waals surface area contributed by atoms with Crippen LogP contribution in [0.25, 0.3) is 11.3 Å². The summed E-state index contributed by atoms with van der Waals surface area (Å²) >= 11 is 0. The molecule has 3 aromatic carbocycles. The maximum Gasteiger partial charge on any atom is 0.229 e. The minimum atomic E-state index is 0.526. The Morgan fingerprint density at radius 2 is 1.15 bits per heavy atom. The molecule has 130 valence electrons. The first kappa shape index (κ1) is 16.7. The molecule has 0 aliphatic rings. The van der Waals surface area contributed by atoms with Crippen molar-refractivity contribution in [2.24, 2.45) is 9.98 Å². The van der Waals surface area contributed by atoms with Crippen LogP contribution in [-0.2, 0) is 0 Å². The van der Waals surface area contributed by atoms with E-state index in [9.17, 15) is 0 Å². The number of nitrogens with one attached hydrogen (secondary N) is 1. The highest BCUT2D eigenvalue weighted by Gasteiger charge is 2.10. The van der Waals surface area contributed by atoms with Crippen LogP contribution in [0.2, 0.25) is 0 Å². The van der Waals surface area contributed by atoms with Gasteiger partial charge in [0.1, 0.15) is 0 Å². The maximum atomic E-state index is 4.59. The van der Waals surface area contributed by atoms with Crippen molar-refractivity contribution in [3.05, 3.63) is 102 Å². The van der Waals surface area contributed by atoms with Crippen molar-refractivity contribution in [3.63, 3.8) is 0 Å². The van der Waals surface area contributed by atoms with Gasteiger partial charge in [-0.3, -0.25) is 0 Å². The van der Waals surface area contributed by atoms with Gasteiger partial charge in [0.05, 0.1) is 5.69 Å². The molecule has 0 spiro atoms. The van der Waals surface area contributed by atoms with Gasteiger partial charge >= 0.3 is 0 Å². The summed E-state index contributed by atoms with van der Waals surface area (Å²) in [6.07, 6.45) is 3.60. The van der Waals surface area contributed by atoms with Gasteiger partial charge < -0.3 is 4.98 Å². The molecule has 0 atom stereocenters. The number of H-pyrrole nitrogens is 1. The summed E-state index contributed by atoms with van der Waals surface area (Å²) in [6, 6.07) is 29.9. The summed E-state index contributed by atoms with van der Waals surface area (Å²) < 4.78 is 0. The van der Waals surface area contributed by atoms with Gasteiger partial charge in [0, 0.05) is 18.0 Å². The predicted octanol–water partition coefficient (Wildman–Crippen LogP) is 5.58. The SMILES string of the molecule is C(=N\c1nc(/N=C/c2ccccc2)c(-c2ccccc2)[nH]1)/c1ccccc1. The quantitative estimate of drug-likeness (QED) is 0.469. The Bertz CT molecular complexity index is 1050. The van der Waals surface area contributed by atoms with E-state index in [2.05, 4.69) is 20.0 Å². The predicted molar refractivity (Wildman–Crippen MR) is 111 cm³/mol. The van der Waals surface area contributed by atoms with Crippen LogP contribution in [0, 0.1) is 0 Å². The zero-order chi connectivity index (χ0) is 18.3. The van der Waals surface area contributed by atoms with Crippen LogP contribution in [0.4, 0.5) is 11.8 Å². The number of hydrogen-bond acceptors (Lipinski definition) is 3. The molecule has 4 rings (SSSR count). The molecule has 4 heteroatoms. The number of aromatic nitrogens is 2. The molecule has 1 aromatic heterocycles. The number of aliphatic imine (C=N–C) groups is 2. The third-order valence-corrected chi connectivity index (χ3v) is 4.01. The van der Waals surface area contributed by atoms with E-state index in [0.717, 1.165) is 22.4 Å². The highest BCUT2D eigenvalue weighted by atomic mass is 15.1. The summed E-state index contributed by atoms with van der Waals surface area (Å²) in [4.78, 5) is 16.9. The van der Waals surface area contributed by atoms with Gasteiger partial charge in [-0.25, -0.2) is 9.98 Å². The molecular formula is C23H18N4. The summed E-state index contributed by atoms with van der Waals surface area (Å²) in [5.74, 6) is 1.14. The highest BCUT2D eigenvalue weighted by molar-refractivity contribution is 5.85. The average Bonchev–Trinajstić information content (AvgIpc) is 3.16. The van der Waals surface area contributed by atoms with Gasteiger partial charge in [-0.15, -0.1) is 0 Å². The lowest BCUT2D eigenvalue weighted by Gasteiger charge is -1.98. The number of aromatic amines is 1. The van der Waals surface area contributed by atoms with Gasteiger partial charge in [-0.1, -0.05) is 91.0 Å². The van der Waals surface area contributed by atoms with Crippen molar-refractivity contribution in [2.75, 3.05) is 0 Å². The van der Waals surface area contributed by atoms with Crippen LogP contribution in [0.3, 0.4) is 0 Å². The molecule has 27 heavy (non-hydrogen) atoms. The normalized spacial score (nSPS) is 11.4. The van der Waals surface area contributed by atoms with Gasteiger partial charge in [0.2, 0.25) is 5.95 Å². The third kappa shape index (κ3) is 4.25. The molecule has 4 aromatic rings. The first-order chi connectivity index (χ1) is 13.4. The molecule has 0 saturated carbocycles. The number of benzene rings is 3. The standard InChI is InChI=1S/C23H18N4/c1-4-10-18(11-5-1)16-24-22-21(20-14-8-3-9-15-20)26-23(27-22)25-17-19-12-6-2-7-13-19/h1-17H,(H,26,27)/b24-16+,25-17+. The number of hydrogen-bond donors (Lipinski definition) is 1. The zero-order valence-electron chi connectivity index (χ0n) is 14.7. The lowest BCUT2D eigenvalue weighted by molar-refractivity contribution is 1.24. The Balaban J connectivity index is 1.69. The lowest BCUT2D eigenvalue weighted by atomic mass is 10.1. The van der Waals surface area contributed by atoms with Crippen LogP contribution in [0.5, 0.6) is 0 Å². The molecule has 0 unspecified atom stereocenters. The van der Waals surface area contributed by atoms with Gasteiger partial charge in [0.15, 0.2) is 5.82 Å². The largest absolute Gasteiger partial charge is 0.320 e. The Kier molecular flexibility index (Phi) is 4.97. The zero-order valence-corrected chi connectivity index (χ0v) is 14.7. The molecule has 1 heterocycles. The topological polar surface area (TPSA) is 53.4 Å². The van der Waals surface area contributed by atoms with E-state index in [1.807, 2.05) is 97.2 Å². The molecular weight excluding hydrogens is 332 g/mol. The average molecular weight is 350 g/mol. The minimum Gasteiger partial charge on any atom is -0.320 e. The second-order valence-corrected chi connectivity index (χ2v) is 5.96. The maximum absolute atomic E-state index is 4.59. The Labute approximate surface area is 158 Å². The van der Waals surface area contributed by atoms with Crippen molar-refractivity contribution in [2.45, 2.75) is 0 Å². The van der Waals surface area contributed by atoms with Crippen LogP contribution in [-0.4, -0.2) is 22.4 Å². The molecule has 4 nitrogen and oxygen atoms in total. The first-order valence-corrected chi connectivity index (χ1v) is 8.72. The smallest absolute Gasteiger partial charge is 0.229 e. The van der Waals surface area contributed by atoms with Crippen molar-refractivity contribution in [1.82, 2.24) is 9.97 Å². The van der Waals surface area contributed by atoms with E-state index in [1.165, 1.54) is 0 Å². The Morgan fingerprint density at radius 1 is 0.630 bits per heavy atom. The van der Waals surface area contributed by atoms with Gasteiger partial charge in [-0.05, 0) is 11.1 Å². The van der Waals surface area contributed by atoms with Crippen LogP contribution in [0.15, 0.2) is 101 Å². The molecule has 0 fully saturated rings. The van der Waals surface area contributed by atoms with E-state index >= 15 is 0 Å². The number of rotatable bonds is 5. The molecule has 0 aliphatic carbocycles. The molecule has 0 saturated heterocycles. The van der Waals surface area contributed by atoms with Crippen molar-refractivity contribution < 1.29 is 0 Å². The molecule has 0 bridgehead atoms. The molecule has 0 amide bonds. The van der Waals surface area contributed by atoms with E-state index in [4.69, 9.17) is 0 Å². The van der Waals surface area contributed by atoms with Crippen LogP contribution >= 0.6 is 0 Å². The van der Waals surface area contributed by atoms with Crippen molar-refractivity contribution in [1.29, 1.82) is 0 Å². The second-order valence-electron chi connectivity index (χ2n) is 5.96. The van der Waals surface area contributed by atoms with E-state index in [1.54, 1.807) is 6.21 Å².